The maximum absolute atomic E-state index is 12.2. The first kappa shape index (κ1) is 16.8. The molecule has 1 saturated carbocycles. The number of piperidine rings is 1. The Morgan fingerprint density at radius 2 is 1.96 bits per heavy atom. The zero-order valence-electron chi connectivity index (χ0n) is 14.9. The summed E-state index contributed by atoms with van der Waals surface area (Å²) in [5.41, 5.74) is 0.801. The van der Waals surface area contributed by atoms with Crippen molar-refractivity contribution in [3.63, 3.8) is 0 Å². The highest BCUT2D eigenvalue weighted by molar-refractivity contribution is 5.89. The Balaban J connectivity index is 1.38. The maximum atomic E-state index is 12.2. The number of carbonyl (C=O) groups excluding carboxylic acids is 1. The molecule has 2 amide bonds. The number of aromatic nitrogens is 2. The Hall–Kier alpha value is -2.63. The normalized spacial score (nSPS) is 19.8. The van der Waals surface area contributed by atoms with Crippen molar-refractivity contribution in [3.8, 4) is 0 Å². The second-order valence-corrected chi connectivity index (χ2v) is 7.09. The molecule has 4 rings (SSSR count). The van der Waals surface area contributed by atoms with E-state index in [-0.39, 0.29) is 12.1 Å². The van der Waals surface area contributed by atoms with Crippen LogP contribution in [-0.2, 0) is 0 Å². The van der Waals surface area contributed by atoms with E-state index >= 15 is 0 Å². The summed E-state index contributed by atoms with van der Waals surface area (Å²) >= 11 is 0. The molecule has 2 N–H and O–H groups in total. The molecule has 1 aromatic carbocycles. The second kappa shape index (κ2) is 7.72. The quantitative estimate of drug-likeness (QED) is 0.864. The molecule has 6 heteroatoms. The van der Waals surface area contributed by atoms with Crippen LogP contribution in [0, 0.1) is 0 Å². The van der Waals surface area contributed by atoms with Gasteiger partial charge in [0.25, 0.3) is 0 Å². The van der Waals surface area contributed by atoms with E-state index in [1.165, 1.54) is 19.3 Å². The molecule has 1 aliphatic carbocycles. The molecule has 1 saturated heterocycles. The first-order valence-electron chi connectivity index (χ1n) is 9.49. The Morgan fingerprint density at radius 1 is 1.12 bits per heavy atom. The van der Waals surface area contributed by atoms with Gasteiger partial charge in [-0.3, -0.25) is 0 Å². The minimum absolute atomic E-state index is 0.164. The van der Waals surface area contributed by atoms with Crippen molar-refractivity contribution in [2.75, 3.05) is 23.3 Å². The molecule has 1 aromatic heterocycles. The summed E-state index contributed by atoms with van der Waals surface area (Å²) in [6.07, 6.45) is 7.69. The second-order valence-electron chi connectivity index (χ2n) is 7.09. The van der Waals surface area contributed by atoms with Crippen molar-refractivity contribution in [2.24, 2.45) is 0 Å². The van der Waals surface area contributed by atoms with Crippen LogP contribution in [0.15, 0.2) is 42.6 Å². The van der Waals surface area contributed by atoms with Gasteiger partial charge in [0.1, 0.15) is 11.6 Å². The van der Waals surface area contributed by atoms with Gasteiger partial charge < -0.3 is 15.5 Å². The molecular formula is C20H25N5O. The molecule has 2 aliphatic rings. The number of para-hydroxylation sites is 1. The number of nitrogens with zero attached hydrogens (tertiary/aromatic N) is 3. The summed E-state index contributed by atoms with van der Waals surface area (Å²) in [4.78, 5) is 23.7. The highest BCUT2D eigenvalue weighted by atomic mass is 16.2. The number of nitrogens with one attached hydrogen (secondary N) is 2. The number of urea groups is 1. The molecule has 136 valence electrons. The lowest BCUT2D eigenvalue weighted by atomic mass is 10.0. The fourth-order valence-corrected chi connectivity index (χ4v) is 3.48. The van der Waals surface area contributed by atoms with Crippen molar-refractivity contribution in [3.05, 3.63) is 48.4 Å². The lowest BCUT2D eigenvalue weighted by Gasteiger charge is -2.36. The van der Waals surface area contributed by atoms with Gasteiger partial charge in [-0.1, -0.05) is 18.2 Å². The van der Waals surface area contributed by atoms with Crippen LogP contribution in [0.5, 0.6) is 0 Å². The van der Waals surface area contributed by atoms with Crippen LogP contribution >= 0.6 is 0 Å². The highest BCUT2D eigenvalue weighted by Crippen LogP contribution is 2.38. The largest absolute Gasteiger partial charge is 0.352 e. The predicted octanol–water partition coefficient (Wildman–Crippen LogP) is 3.53. The Morgan fingerprint density at radius 3 is 2.77 bits per heavy atom. The van der Waals surface area contributed by atoms with E-state index in [0.717, 1.165) is 36.7 Å². The number of benzene rings is 1. The van der Waals surface area contributed by atoms with E-state index in [4.69, 9.17) is 4.98 Å². The summed E-state index contributed by atoms with van der Waals surface area (Å²) in [7, 11) is 0. The summed E-state index contributed by atoms with van der Waals surface area (Å²) in [6.45, 7) is 1.59. The minimum Gasteiger partial charge on any atom is -0.352 e. The van der Waals surface area contributed by atoms with Crippen LogP contribution in [0.1, 0.15) is 43.8 Å². The van der Waals surface area contributed by atoms with Crippen LogP contribution in [-0.4, -0.2) is 35.1 Å². The van der Waals surface area contributed by atoms with Gasteiger partial charge in [0.15, 0.2) is 0 Å². The van der Waals surface area contributed by atoms with Gasteiger partial charge in [-0.15, -0.1) is 0 Å². The molecule has 26 heavy (non-hydrogen) atoms. The first-order chi connectivity index (χ1) is 12.8. The van der Waals surface area contributed by atoms with Crippen molar-refractivity contribution < 1.29 is 4.79 Å². The van der Waals surface area contributed by atoms with E-state index in [1.807, 2.05) is 42.6 Å². The molecule has 0 radical (unpaired) electrons. The Bertz CT molecular complexity index is 747. The van der Waals surface area contributed by atoms with Crippen molar-refractivity contribution in [2.45, 2.75) is 44.1 Å². The van der Waals surface area contributed by atoms with Gasteiger partial charge >= 0.3 is 6.03 Å². The van der Waals surface area contributed by atoms with Crippen molar-refractivity contribution in [1.82, 2.24) is 15.3 Å². The average Bonchev–Trinajstić information content (AvgIpc) is 3.53. The number of hydrogen-bond acceptors (Lipinski definition) is 4. The van der Waals surface area contributed by atoms with Crippen LogP contribution in [0.25, 0.3) is 0 Å². The van der Waals surface area contributed by atoms with Crippen molar-refractivity contribution in [1.29, 1.82) is 0 Å². The summed E-state index contributed by atoms with van der Waals surface area (Å²) in [5.74, 6) is 2.52. The first-order valence-corrected chi connectivity index (χ1v) is 9.49. The predicted molar refractivity (Wildman–Crippen MR) is 102 cm³/mol. The zero-order chi connectivity index (χ0) is 17.8. The van der Waals surface area contributed by atoms with Gasteiger partial charge in [0, 0.05) is 36.9 Å². The van der Waals surface area contributed by atoms with Crippen LogP contribution in [0.3, 0.4) is 0 Å². The summed E-state index contributed by atoms with van der Waals surface area (Å²) < 4.78 is 0. The third-order valence-corrected chi connectivity index (χ3v) is 5.05. The number of amides is 2. The van der Waals surface area contributed by atoms with Crippen molar-refractivity contribution >= 4 is 17.5 Å². The third kappa shape index (κ3) is 4.12. The molecule has 2 fully saturated rings. The van der Waals surface area contributed by atoms with Gasteiger partial charge in [0.2, 0.25) is 0 Å². The smallest absolute Gasteiger partial charge is 0.319 e. The number of hydrogen-bond donors (Lipinski definition) is 2. The van der Waals surface area contributed by atoms with E-state index < -0.39 is 0 Å². The molecule has 1 unspecified atom stereocenters. The third-order valence-electron chi connectivity index (χ3n) is 5.05. The molecule has 1 atom stereocenters. The molecule has 1 aliphatic heterocycles. The van der Waals surface area contributed by atoms with Crippen LogP contribution in [0.4, 0.5) is 16.3 Å². The molecule has 0 spiro atoms. The average molecular weight is 351 g/mol. The van der Waals surface area contributed by atoms with E-state index in [9.17, 15) is 4.79 Å². The van der Waals surface area contributed by atoms with E-state index in [0.29, 0.717) is 12.5 Å². The standard InChI is InChI=1S/C20H25N5O/c26-20(23-16-6-2-1-3-7-16)22-14-17-8-4-5-13-25(17)18-11-12-21-19(24-18)15-9-10-15/h1-3,6-7,11-12,15,17H,4-5,8-10,13-14H2,(H2,22,23,26). The van der Waals surface area contributed by atoms with Gasteiger partial charge in [-0.25, -0.2) is 14.8 Å². The highest BCUT2D eigenvalue weighted by Gasteiger charge is 2.29. The molecule has 2 heterocycles. The van der Waals surface area contributed by atoms with Gasteiger partial charge in [-0.05, 0) is 50.3 Å². The summed E-state index contributed by atoms with van der Waals surface area (Å²) in [6, 6.07) is 11.6. The molecular weight excluding hydrogens is 326 g/mol. The maximum Gasteiger partial charge on any atom is 0.319 e. The molecule has 0 bridgehead atoms. The minimum atomic E-state index is -0.164. The topological polar surface area (TPSA) is 70.2 Å². The number of carbonyl (C=O) groups is 1. The zero-order valence-corrected chi connectivity index (χ0v) is 14.9. The van der Waals surface area contributed by atoms with E-state index in [2.05, 4.69) is 20.5 Å². The van der Waals surface area contributed by atoms with Crippen LogP contribution in [0.2, 0.25) is 0 Å². The Labute approximate surface area is 154 Å². The van der Waals surface area contributed by atoms with Gasteiger partial charge in [-0.2, -0.15) is 0 Å². The monoisotopic (exact) mass is 351 g/mol. The number of rotatable bonds is 5. The fraction of sp³-hybridized carbons (Fsp3) is 0.450. The lowest BCUT2D eigenvalue weighted by Crippen LogP contribution is -2.48. The van der Waals surface area contributed by atoms with Crippen LogP contribution < -0.4 is 15.5 Å². The molecule has 6 nitrogen and oxygen atoms in total. The fourth-order valence-electron chi connectivity index (χ4n) is 3.48. The number of anilines is 2. The lowest BCUT2D eigenvalue weighted by molar-refractivity contribution is 0.250. The van der Waals surface area contributed by atoms with Gasteiger partial charge in [0.05, 0.1) is 0 Å². The summed E-state index contributed by atoms with van der Waals surface area (Å²) in [5, 5.41) is 5.89. The SMILES string of the molecule is O=C(NCC1CCCCN1c1ccnc(C2CC2)n1)Nc1ccccc1. The molecule has 2 aromatic rings. The van der Waals surface area contributed by atoms with E-state index in [1.54, 1.807) is 0 Å². The Kier molecular flexibility index (Phi) is 5.00.